The van der Waals surface area contributed by atoms with Crippen LogP contribution >= 0.6 is 0 Å². The minimum atomic E-state index is 0.517. The molecule has 0 aliphatic carbocycles. The third-order valence-electron chi connectivity index (χ3n) is 7.00. The molecule has 0 aromatic heterocycles. The zero-order valence-electron chi connectivity index (χ0n) is 22.0. The predicted octanol–water partition coefficient (Wildman–Crippen LogP) is 4.92. The van der Waals surface area contributed by atoms with Crippen molar-refractivity contribution in [1.29, 1.82) is 0 Å². The quantitative estimate of drug-likeness (QED) is 0.178. The molecule has 0 radical (unpaired) electrons. The first kappa shape index (κ1) is 23.6. The minimum Gasteiger partial charge on any atom is -0.297 e. The van der Waals surface area contributed by atoms with E-state index >= 15 is 0 Å². The van der Waals surface area contributed by atoms with Crippen molar-refractivity contribution < 1.29 is 0 Å². The molecule has 8 N–H and O–H groups in total. The summed E-state index contributed by atoms with van der Waals surface area (Å²) in [6, 6.07) is 31.3. The van der Waals surface area contributed by atoms with Crippen molar-refractivity contribution in [2.45, 2.75) is 0 Å². The second-order valence-corrected chi connectivity index (χ2v) is 9.66. The van der Waals surface area contributed by atoms with Crippen molar-refractivity contribution in [1.82, 2.24) is 21.7 Å². The first-order valence-corrected chi connectivity index (χ1v) is 13.3. The number of benzene rings is 4. The maximum Gasteiger partial charge on any atom is 0.157 e. The maximum atomic E-state index is 5.01. The molecule has 204 valence electrons. The Hall–Kier alpha value is -6.30. The average Bonchev–Trinajstić information content (AvgIpc) is 3.06. The molecule has 4 aliphatic rings. The summed E-state index contributed by atoms with van der Waals surface area (Å²) in [5.41, 5.74) is 34.0. The number of hydrazine groups is 4. The van der Waals surface area contributed by atoms with E-state index in [2.05, 4.69) is 43.4 Å². The van der Waals surface area contributed by atoms with Crippen LogP contribution in [-0.4, -0.2) is 23.3 Å². The Morgan fingerprint density at radius 2 is 0.548 bits per heavy atom. The Bertz CT molecular complexity index is 1630. The molecule has 0 amide bonds. The molecule has 4 aromatic carbocycles. The van der Waals surface area contributed by atoms with Crippen LogP contribution in [-0.2, 0) is 0 Å². The highest BCUT2D eigenvalue weighted by atomic mass is 15.4. The van der Waals surface area contributed by atoms with Gasteiger partial charge >= 0.3 is 0 Å². The van der Waals surface area contributed by atoms with Gasteiger partial charge in [-0.15, -0.1) is 0 Å². The largest absolute Gasteiger partial charge is 0.297 e. The lowest BCUT2D eigenvalue weighted by Crippen LogP contribution is -2.48. The van der Waals surface area contributed by atoms with Crippen molar-refractivity contribution >= 4 is 68.8 Å². The van der Waals surface area contributed by atoms with Crippen molar-refractivity contribution in [3.8, 4) is 0 Å². The first-order valence-electron chi connectivity index (χ1n) is 13.3. The molecule has 4 heterocycles. The topological polar surface area (TPSA) is 146 Å². The lowest BCUT2D eigenvalue weighted by Gasteiger charge is -2.30. The smallest absolute Gasteiger partial charge is 0.157 e. The fraction of sp³-hybridized carbons (Fsp3) is 0. The number of rotatable bonds is 4. The number of anilines is 4. The molecule has 0 atom stereocenters. The highest BCUT2D eigenvalue weighted by Gasteiger charge is 2.32. The molecule has 0 bridgehead atoms. The second-order valence-electron chi connectivity index (χ2n) is 9.66. The summed E-state index contributed by atoms with van der Waals surface area (Å²) in [7, 11) is 0. The van der Waals surface area contributed by atoms with E-state index in [0.717, 1.165) is 45.5 Å². The lowest BCUT2D eigenvalue weighted by molar-refractivity contribution is 1.04. The van der Waals surface area contributed by atoms with E-state index in [1.54, 1.807) is 0 Å². The maximum absolute atomic E-state index is 5.01. The number of nitrogens with zero attached hydrogens (tertiary/aromatic N) is 4. The fourth-order valence-electron chi connectivity index (χ4n) is 4.98. The Balaban J connectivity index is 1.41. The van der Waals surface area contributed by atoms with Crippen molar-refractivity contribution in [3.63, 3.8) is 0 Å². The van der Waals surface area contributed by atoms with Gasteiger partial charge in [-0.05, 0) is 48.5 Å². The molecule has 8 rings (SSSR count). The van der Waals surface area contributed by atoms with Crippen LogP contribution in [0.4, 0.5) is 45.5 Å². The van der Waals surface area contributed by atoms with Crippen LogP contribution in [0.3, 0.4) is 0 Å². The highest BCUT2D eigenvalue weighted by molar-refractivity contribution is 6.37. The standard InChI is InChI=1S/C30H24N12/c1-5-13-21-17(9-1)31-27(39-35-21)25(28-32-18-10-2-6-14-22(18)36-40-28)26(29-33-19-11-3-7-15-23(19)37-41-29)30-34-20-12-4-8-16-24(20)38-42-30/h1-16,35-38H,(H,31,39)(H,32,40)(H,33,41)(H,34,42). The van der Waals surface area contributed by atoms with Gasteiger partial charge in [0, 0.05) is 0 Å². The van der Waals surface area contributed by atoms with Crippen LogP contribution < -0.4 is 43.4 Å². The van der Waals surface area contributed by atoms with E-state index < -0.39 is 0 Å². The van der Waals surface area contributed by atoms with E-state index in [0.29, 0.717) is 34.5 Å². The summed E-state index contributed by atoms with van der Waals surface area (Å²) in [5, 5.41) is 0. The number of nitrogens with one attached hydrogen (secondary N) is 8. The van der Waals surface area contributed by atoms with Crippen molar-refractivity contribution in [3.05, 3.63) is 108 Å². The van der Waals surface area contributed by atoms with Gasteiger partial charge in [0.15, 0.2) is 23.3 Å². The normalized spacial score (nSPS) is 15.3. The number of fused-ring (bicyclic) bond motifs is 4. The van der Waals surface area contributed by atoms with E-state index in [4.69, 9.17) is 20.0 Å². The van der Waals surface area contributed by atoms with Crippen LogP contribution in [0.15, 0.2) is 128 Å². The van der Waals surface area contributed by atoms with Crippen molar-refractivity contribution in [2.75, 3.05) is 21.7 Å². The average molecular weight is 553 g/mol. The molecule has 0 spiro atoms. The van der Waals surface area contributed by atoms with Gasteiger partial charge in [-0.3, -0.25) is 43.4 Å². The third-order valence-corrected chi connectivity index (χ3v) is 7.00. The van der Waals surface area contributed by atoms with E-state index in [1.165, 1.54) is 0 Å². The molecule has 12 nitrogen and oxygen atoms in total. The zero-order chi connectivity index (χ0) is 27.9. The van der Waals surface area contributed by atoms with Gasteiger partial charge in [0.25, 0.3) is 0 Å². The van der Waals surface area contributed by atoms with Gasteiger partial charge in [0.05, 0.1) is 56.6 Å². The molecular formula is C30H24N12. The molecule has 0 saturated carbocycles. The highest BCUT2D eigenvalue weighted by Crippen LogP contribution is 2.34. The van der Waals surface area contributed by atoms with Crippen LogP contribution in [0.25, 0.3) is 0 Å². The summed E-state index contributed by atoms with van der Waals surface area (Å²) < 4.78 is 0. The van der Waals surface area contributed by atoms with Crippen LogP contribution in [0.1, 0.15) is 0 Å². The molecule has 42 heavy (non-hydrogen) atoms. The van der Waals surface area contributed by atoms with E-state index in [-0.39, 0.29) is 0 Å². The lowest BCUT2D eigenvalue weighted by atomic mass is 10.0. The second kappa shape index (κ2) is 9.71. The zero-order valence-corrected chi connectivity index (χ0v) is 22.0. The molecule has 4 aliphatic heterocycles. The fourth-order valence-corrected chi connectivity index (χ4v) is 4.98. The number of para-hydroxylation sites is 8. The molecule has 0 saturated heterocycles. The number of aliphatic imine (C=N–C) groups is 4. The third kappa shape index (κ3) is 4.10. The molecule has 12 heteroatoms. The Morgan fingerprint density at radius 1 is 0.310 bits per heavy atom. The summed E-state index contributed by atoms with van der Waals surface area (Å²) in [5.74, 6) is 2.07. The monoisotopic (exact) mass is 552 g/mol. The van der Waals surface area contributed by atoms with Gasteiger partial charge in [-0.25, -0.2) is 20.0 Å². The van der Waals surface area contributed by atoms with Gasteiger partial charge in [-0.1, -0.05) is 48.5 Å². The summed E-state index contributed by atoms with van der Waals surface area (Å²) in [6.07, 6.45) is 0. The van der Waals surface area contributed by atoms with E-state index in [1.807, 2.05) is 97.1 Å². The number of hydrogen-bond donors (Lipinski definition) is 8. The summed E-state index contributed by atoms with van der Waals surface area (Å²) >= 11 is 0. The molecular weight excluding hydrogens is 528 g/mol. The molecule has 0 fully saturated rings. The van der Waals surface area contributed by atoms with Gasteiger partial charge in [0.1, 0.15) is 0 Å². The molecule has 4 aromatic rings. The van der Waals surface area contributed by atoms with Gasteiger partial charge in [0.2, 0.25) is 0 Å². The SMILES string of the molecule is c1ccc2c(c1)N=C(C(C1=Nc3ccccc3NN1)=C(C1=Nc3ccccc3NN1)C1=Nc3ccccc3NN1)NN2. The molecule has 0 unspecified atom stereocenters. The van der Waals surface area contributed by atoms with Gasteiger partial charge < -0.3 is 0 Å². The van der Waals surface area contributed by atoms with Gasteiger partial charge in [-0.2, -0.15) is 0 Å². The summed E-state index contributed by atoms with van der Waals surface area (Å²) in [6.45, 7) is 0. The number of amidine groups is 4. The van der Waals surface area contributed by atoms with Crippen LogP contribution in [0.2, 0.25) is 0 Å². The van der Waals surface area contributed by atoms with Crippen LogP contribution in [0, 0.1) is 0 Å². The minimum absolute atomic E-state index is 0.517. The Morgan fingerprint density at radius 3 is 0.810 bits per heavy atom. The predicted molar refractivity (Wildman–Crippen MR) is 168 cm³/mol. The Kier molecular flexibility index (Phi) is 5.45. The van der Waals surface area contributed by atoms with E-state index in [9.17, 15) is 0 Å². The summed E-state index contributed by atoms with van der Waals surface area (Å²) in [4.78, 5) is 20.0. The van der Waals surface area contributed by atoms with Crippen LogP contribution in [0.5, 0.6) is 0 Å². The Labute approximate surface area is 240 Å². The number of hydrogen-bond acceptors (Lipinski definition) is 12. The van der Waals surface area contributed by atoms with Crippen molar-refractivity contribution in [2.24, 2.45) is 20.0 Å². The first-order chi connectivity index (χ1) is 20.8.